The number of urea groups is 1. The maximum Gasteiger partial charge on any atom is 0.355 e. The Morgan fingerprint density at radius 3 is 2.63 bits per heavy atom. The molecule has 1 fully saturated rings. The van der Waals surface area contributed by atoms with Crippen molar-refractivity contribution < 1.29 is 38.6 Å². The number of fused-ring (bicyclic) bond motifs is 6. The summed E-state index contributed by atoms with van der Waals surface area (Å²) in [6, 6.07) is 7.51. The summed E-state index contributed by atoms with van der Waals surface area (Å²) in [4.78, 5) is 80.6. The van der Waals surface area contributed by atoms with Gasteiger partial charge in [-0.2, -0.15) is 5.43 Å². The van der Waals surface area contributed by atoms with E-state index in [0.29, 0.717) is 23.7 Å². The molecule has 5 heterocycles. The number of pyridine rings is 1. The molecule has 4 aromatic rings. The molecule has 6 rings (SSSR count). The highest BCUT2D eigenvalue weighted by Crippen LogP contribution is 2.42. The van der Waals surface area contributed by atoms with Gasteiger partial charge >= 0.3 is 12.0 Å². The molecule has 2 aliphatic rings. The van der Waals surface area contributed by atoms with Gasteiger partial charge in [0.15, 0.2) is 0 Å². The number of cyclic esters (lactones) is 1. The molecule has 17 nitrogen and oxygen atoms in total. The van der Waals surface area contributed by atoms with E-state index in [-0.39, 0.29) is 63.4 Å². The fourth-order valence-corrected chi connectivity index (χ4v) is 9.54. The lowest BCUT2D eigenvalue weighted by Crippen LogP contribution is -2.67. The summed E-state index contributed by atoms with van der Waals surface area (Å²) in [5.41, 5.74) is 6.15. The van der Waals surface area contributed by atoms with Gasteiger partial charge in [-0.3, -0.25) is 24.4 Å². The van der Waals surface area contributed by atoms with Gasteiger partial charge in [0.1, 0.15) is 12.1 Å². The average Bonchev–Trinajstić information content (AvgIpc) is 3.88. The second-order valence-electron chi connectivity index (χ2n) is 18.0. The van der Waals surface area contributed by atoms with Crippen molar-refractivity contribution >= 4 is 52.0 Å². The van der Waals surface area contributed by atoms with Crippen LogP contribution in [0.5, 0.6) is 0 Å². The Balaban J connectivity index is 1.41. The van der Waals surface area contributed by atoms with Gasteiger partial charge in [0.2, 0.25) is 17.5 Å². The van der Waals surface area contributed by atoms with E-state index in [2.05, 4.69) is 52.3 Å². The summed E-state index contributed by atoms with van der Waals surface area (Å²) in [7, 11) is 4.74. The number of aromatic nitrogens is 3. The van der Waals surface area contributed by atoms with E-state index >= 15 is 0 Å². The number of hydrazine groups is 1. The van der Waals surface area contributed by atoms with Crippen LogP contribution in [0, 0.1) is 11.3 Å². The molecule has 18 heteroatoms. The molecule has 0 unspecified atom stereocenters. The van der Waals surface area contributed by atoms with Crippen LogP contribution in [-0.4, -0.2) is 129 Å². The molecular formula is C47H63N9O8S. The molecule has 5 amide bonds. The molecule has 1 saturated heterocycles. The minimum atomic E-state index is -2.24. The third-order valence-electron chi connectivity index (χ3n) is 12.1. The third kappa shape index (κ3) is 10.6. The van der Waals surface area contributed by atoms with Crippen molar-refractivity contribution in [3.05, 3.63) is 70.8 Å². The van der Waals surface area contributed by atoms with Crippen molar-refractivity contribution in [1.29, 1.82) is 0 Å². The lowest BCUT2D eigenvalue weighted by atomic mass is 9.84. The minimum Gasteiger partial charge on any atom is -0.462 e. The number of carbonyl (C=O) groups is 5. The Labute approximate surface area is 384 Å². The summed E-state index contributed by atoms with van der Waals surface area (Å²) in [5, 5.41) is 22.0. The number of hydrogen-bond donors (Lipinski definition) is 4. The summed E-state index contributed by atoms with van der Waals surface area (Å²) in [5.74, 6) is -2.87. The molecule has 4 atom stereocenters. The molecule has 0 spiro atoms. The topological polar surface area (TPSA) is 201 Å². The number of esters is 1. The average molecular weight is 914 g/mol. The number of aliphatic hydroxyl groups is 1. The van der Waals surface area contributed by atoms with Crippen LogP contribution in [-0.2, 0) is 48.0 Å². The zero-order chi connectivity index (χ0) is 47.4. The van der Waals surface area contributed by atoms with Gasteiger partial charge in [0.25, 0.3) is 5.91 Å². The van der Waals surface area contributed by atoms with Gasteiger partial charge in [0, 0.05) is 99.2 Å². The minimum absolute atomic E-state index is 0.0194. The van der Waals surface area contributed by atoms with Gasteiger partial charge < -0.3 is 39.6 Å². The molecule has 1 aromatic carbocycles. The SMILES string of the molecule is C=CC(=O)NCCN(C)C(=O)N(C)[C@H](C(=O)N[C@H]1Cc2nc(cs2)-c2ccc3c(c2)c(c(-c2cccnc2[C@H](C)OC)n3CC)CC(C)(C)COC(=O)[C@@]2(O)CCCN(N2)C1=O)C(C)C. The summed E-state index contributed by atoms with van der Waals surface area (Å²) in [6.45, 7) is 16.2. The predicted molar refractivity (Wildman–Crippen MR) is 248 cm³/mol. The van der Waals surface area contributed by atoms with Crippen LogP contribution < -0.4 is 16.1 Å². The van der Waals surface area contributed by atoms with E-state index in [1.165, 1.54) is 28.2 Å². The Morgan fingerprint density at radius 2 is 1.94 bits per heavy atom. The zero-order valence-corrected chi connectivity index (χ0v) is 39.7. The van der Waals surface area contributed by atoms with Gasteiger partial charge in [-0.25, -0.2) is 14.6 Å². The molecule has 2 aliphatic heterocycles. The molecule has 4 N–H and O–H groups in total. The van der Waals surface area contributed by atoms with Crippen LogP contribution >= 0.6 is 11.3 Å². The van der Waals surface area contributed by atoms with E-state index in [4.69, 9.17) is 19.4 Å². The molecule has 0 aliphatic carbocycles. The van der Waals surface area contributed by atoms with Crippen LogP contribution in [0.4, 0.5) is 4.79 Å². The number of nitrogens with one attached hydrogen (secondary N) is 3. The van der Waals surface area contributed by atoms with E-state index in [1.807, 2.05) is 38.3 Å². The number of benzene rings is 1. The Bertz CT molecular complexity index is 2430. The lowest BCUT2D eigenvalue weighted by molar-refractivity contribution is -0.189. The molecule has 65 heavy (non-hydrogen) atoms. The van der Waals surface area contributed by atoms with Crippen LogP contribution in [0.1, 0.15) is 76.8 Å². The number of nitrogens with zero attached hydrogens (tertiary/aromatic N) is 6. The fourth-order valence-electron chi connectivity index (χ4n) is 8.69. The standard InChI is InChI=1S/C47H63N9O8S/c1-11-37(57)48-20-22-53(8)45(61)54(9)40(28(3)4)42(58)51-34-24-38-50-35(26-65-38)30-16-17-36-32(23-30)33(41(55(36)12-2)31-15-13-19-49-39(31)29(5)63-10)25-46(6,7)27-64-44(60)47(62)18-14-21-56(52-47)43(34)59/h11,13,15-17,19,23,26,28-29,34,40,52,62H,1,12,14,18,20-22,24-25,27H2,2-10H3,(H,48,57)(H,51,58)/t29-,34-,40-,47-/m0/s1. The maximum absolute atomic E-state index is 14.6. The first-order valence-corrected chi connectivity index (χ1v) is 23.0. The molecular weight excluding hydrogens is 851 g/mol. The van der Waals surface area contributed by atoms with Crippen LogP contribution in [0.15, 0.2) is 54.6 Å². The lowest BCUT2D eigenvalue weighted by Gasteiger charge is -2.40. The Morgan fingerprint density at radius 1 is 1.18 bits per heavy atom. The van der Waals surface area contributed by atoms with Gasteiger partial charge in [-0.1, -0.05) is 40.3 Å². The molecule has 350 valence electrons. The first-order chi connectivity index (χ1) is 30.8. The summed E-state index contributed by atoms with van der Waals surface area (Å²) >= 11 is 1.34. The highest BCUT2D eigenvalue weighted by atomic mass is 32.1. The number of thiazole rings is 1. The van der Waals surface area contributed by atoms with Gasteiger partial charge in [0.05, 0.1) is 34.8 Å². The Hall–Kier alpha value is -5.69. The summed E-state index contributed by atoms with van der Waals surface area (Å²) in [6.07, 6.45) is 3.31. The van der Waals surface area contributed by atoms with E-state index in [0.717, 1.165) is 50.1 Å². The number of aryl methyl sites for hydroxylation is 1. The molecule has 0 radical (unpaired) electrons. The maximum atomic E-state index is 14.6. The van der Waals surface area contributed by atoms with Crippen LogP contribution in [0.2, 0.25) is 0 Å². The van der Waals surface area contributed by atoms with Crippen molar-refractivity contribution in [3.8, 4) is 22.5 Å². The van der Waals surface area contributed by atoms with Crippen LogP contribution in [0.25, 0.3) is 33.4 Å². The number of ether oxygens (including phenoxy) is 2. The monoisotopic (exact) mass is 913 g/mol. The van der Waals surface area contributed by atoms with Gasteiger partial charge in [-0.05, 0) is 68.5 Å². The van der Waals surface area contributed by atoms with Crippen molar-refractivity contribution in [2.45, 2.75) is 97.7 Å². The number of likely N-dealkylation sites (N-methyl/N-ethyl adjacent to an activating group) is 2. The van der Waals surface area contributed by atoms with Crippen molar-refractivity contribution in [1.82, 2.24) is 45.4 Å². The number of hydrogen-bond acceptors (Lipinski definition) is 12. The van der Waals surface area contributed by atoms with Crippen molar-refractivity contribution in [2.24, 2.45) is 11.3 Å². The predicted octanol–water partition coefficient (Wildman–Crippen LogP) is 4.83. The number of rotatable bonds is 12. The van der Waals surface area contributed by atoms with Crippen molar-refractivity contribution in [3.63, 3.8) is 0 Å². The fraction of sp³-hybridized carbons (Fsp3) is 0.511. The number of carbonyl (C=O) groups excluding carboxylic acids is 5. The largest absolute Gasteiger partial charge is 0.462 e. The first kappa shape index (κ1) is 48.8. The van der Waals surface area contributed by atoms with Gasteiger partial charge in [-0.15, -0.1) is 11.3 Å². The first-order valence-electron chi connectivity index (χ1n) is 22.1. The highest BCUT2D eigenvalue weighted by Gasteiger charge is 2.45. The van der Waals surface area contributed by atoms with Crippen molar-refractivity contribution in [2.75, 3.05) is 47.4 Å². The molecule has 6 bridgehead atoms. The van der Waals surface area contributed by atoms with Crippen LogP contribution in [0.3, 0.4) is 0 Å². The van der Waals surface area contributed by atoms with E-state index in [1.54, 1.807) is 34.2 Å². The highest BCUT2D eigenvalue weighted by molar-refractivity contribution is 7.10. The molecule has 3 aromatic heterocycles. The quantitative estimate of drug-likeness (QED) is 0.112. The smallest absolute Gasteiger partial charge is 0.355 e. The second kappa shape index (κ2) is 20.2. The number of amides is 5. The molecule has 0 saturated carbocycles. The summed E-state index contributed by atoms with van der Waals surface area (Å²) < 4.78 is 14.0. The third-order valence-corrected chi connectivity index (χ3v) is 13.0. The van der Waals surface area contributed by atoms with E-state index in [9.17, 15) is 29.1 Å². The van der Waals surface area contributed by atoms with E-state index < -0.39 is 47.0 Å². The Kier molecular flexibility index (Phi) is 15.2. The normalized spacial score (nSPS) is 19.8. The number of methoxy groups -OCH3 is 1. The second-order valence-corrected chi connectivity index (χ2v) is 18.9. The zero-order valence-electron chi connectivity index (χ0n) is 38.9.